The molecule has 2 aliphatic heterocycles. The average Bonchev–Trinajstić information content (AvgIpc) is 3.11. The largest absolute Gasteiger partial charge is 0.469 e. The van der Waals surface area contributed by atoms with Crippen molar-refractivity contribution in [3.05, 3.63) is 0 Å². The Balaban J connectivity index is 1.53. The van der Waals surface area contributed by atoms with E-state index in [9.17, 15) is 9.59 Å². The highest BCUT2D eigenvalue weighted by atomic mass is 16.5. The van der Waals surface area contributed by atoms with Crippen LogP contribution in [-0.4, -0.2) is 74.1 Å². The predicted molar refractivity (Wildman–Crippen MR) is 86.9 cm³/mol. The molecule has 3 unspecified atom stereocenters. The molecular weight excluding hydrogens is 294 g/mol. The molecule has 1 N–H and O–H groups in total. The Morgan fingerprint density at radius 2 is 1.78 bits per heavy atom. The predicted octanol–water partition coefficient (Wildman–Crippen LogP) is 0.472. The van der Waals surface area contributed by atoms with E-state index in [0.29, 0.717) is 12.5 Å². The van der Waals surface area contributed by atoms with Crippen molar-refractivity contribution in [2.24, 2.45) is 11.8 Å². The number of rotatable bonds is 3. The summed E-state index contributed by atoms with van der Waals surface area (Å²) in [5.41, 5.74) is 0. The second-order valence-corrected chi connectivity index (χ2v) is 7.10. The zero-order valence-electron chi connectivity index (χ0n) is 14.1. The van der Waals surface area contributed by atoms with Gasteiger partial charge in [0.05, 0.1) is 13.0 Å². The van der Waals surface area contributed by atoms with E-state index >= 15 is 0 Å². The summed E-state index contributed by atoms with van der Waals surface area (Å²) in [7, 11) is 1.44. The molecule has 6 nitrogen and oxygen atoms in total. The van der Waals surface area contributed by atoms with Crippen molar-refractivity contribution in [2.45, 2.75) is 38.1 Å². The van der Waals surface area contributed by atoms with E-state index in [4.69, 9.17) is 4.74 Å². The summed E-state index contributed by atoms with van der Waals surface area (Å²) in [6.07, 6.45) is 4.48. The Bertz CT molecular complexity index is 437. The third-order valence-corrected chi connectivity index (χ3v) is 5.70. The van der Waals surface area contributed by atoms with Gasteiger partial charge in [0.2, 0.25) is 5.91 Å². The van der Waals surface area contributed by atoms with Gasteiger partial charge < -0.3 is 15.0 Å². The molecular formula is C17H29N3O3. The van der Waals surface area contributed by atoms with E-state index in [1.165, 1.54) is 7.11 Å². The molecule has 0 radical (unpaired) electrons. The summed E-state index contributed by atoms with van der Waals surface area (Å²) in [6.45, 7) is 5.99. The normalized spacial score (nSPS) is 32.7. The van der Waals surface area contributed by atoms with Crippen LogP contribution in [0.2, 0.25) is 0 Å². The topological polar surface area (TPSA) is 61.9 Å². The van der Waals surface area contributed by atoms with Gasteiger partial charge in [-0.25, -0.2) is 0 Å². The molecule has 3 fully saturated rings. The summed E-state index contributed by atoms with van der Waals surface area (Å²) in [5, 5.41) is 3.38. The maximum absolute atomic E-state index is 12.8. The number of carbonyl (C=O) groups is 2. The fourth-order valence-corrected chi connectivity index (χ4v) is 4.34. The minimum atomic E-state index is -0.150. The third kappa shape index (κ3) is 3.86. The lowest BCUT2D eigenvalue weighted by atomic mass is 9.80. The first-order chi connectivity index (χ1) is 11.2. The molecule has 2 heterocycles. The molecule has 23 heavy (non-hydrogen) atoms. The Labute approximate surface area is 138 Å². The quantitative estimate of drug-likeness (QED) is 0.765. The number of nitrogens with one attached hydrogen (secondary N) is 1. The number of hydrogen-bond donors (Lipinski definition) is 1. The van der Waals surface area contributed by atoms with E-state index in [2.05, 4.69) is 10.2 Å². The van der Waals surface area contributed by atoms with Crippen LogP contribution < -0.4 is 5.32 Å². The molecule has 0 aromatic carbocycles. The SMILES string of the molecule is COC(=O)C1CCCC(C(=O)N2CCC(N3CCNCC3)C2)C1. The van der Waals surface area contributed by atoms with Crippen LogP contribution in [0, 0.1) is 11.8 Å². The van der Waals surface area contributed by atoms with E-state index < -0.39 is 0 Å². The lowest BCUT2D eigenvalue weighted by Crippen LogP contribution is -2.49. The van der Waals surface area contributed by atoms with Crippen molar-refractivity contribution in [3.8, 4) is 0 Å². The molecule has 6 heteroatoms. The molecule has 3 rings (SSSR count). The number of piperazine rings is 1. The van der Waals surface area contributed by atoms with Crippen molar-refractivity contribution >= 4 is 11.9 Å². The Hall–Kier alpha value is -1.14. The van der Waals surface area contributed by atoms with E-state index in [-0.39, 0.29) is 23.7 Å². The number of carbonyl (C=O) groups excluding carboxylic acids is 2. The molecule has 0 bridgehead atoms. The van der Waals surface area contributed by atoms with Crippen LogP contribution in [0.5, 0.6) is 0 Å². The summed E-state index contributed by atoms with van der Waals surface area (Å²) in [5.74, 6) is 0.0303. The maximum Gasteiger partial charge on any atom is 0.308 e. The van der Waals surface area contributed by atoms with Gasteiger partial charge in [0.1, 0.15) is 0 Å². The van der Waals surface area contributed by atoms with Gasteiger partial charge in [-0.3, -0.25) is 14.5 Å². The Kier molecular flexibility index (Phi) is 5.54. The van der Waals surface area contributed by atoms with Crippen LogP contribution in [-0.2, 0) is 14.3 Å². The van der Waals surface area contributed by atoms with Crippen molar-refractivity contribution in [1.82, 2.24) is 15.1 Å². The van der Waals surface area contributed by atoms with Crippen LogP contribution in [0.3, 0.4) is 0 Å². The summed E-state index contributed by atoms with van der Waals surface area (Å²) < 4.78 is 4.86. The second kappa shape index (κ2) is 7.62. The van der Waals surface area contributed by atoms with Gasteiger partial charge in [-0.1, -0.05) is 6.42 Å². The minimum Gasteiger partial charge on any atom is -0.469 e. The summed E-state index contributed by atoms with van der Waals surface area (Å²) in [6, 6.07) is 0.515. The number of hydrogen-bond acceptors (Lipinski definition) is 5. The summed E-state index contributed by atoms with van der Waals surface area (Å²) >= 11 is 0. The first-order valence-electron chi connectivity index (χ1n) is 9.00. The number of ether oxygens (including phenoxy) is 1. The van der Waals surface area contributed by atoms with Gasteiger partial charge in [-0.05, 0) is 25.7 Å². The lowest BCUT2D eigenvalue weighted by molar-refractivity contribution is -0.148. The molecule has 2 saturated heterocycles. The van der Waals surface area contributed by atoms with Gasteiger partial charge in [-0.15, -0.1) is 0 Å². The molecule has 0 aromatic heterocycles. The molecule has 1 amide bonds. The lowest BCUT2D eigenvalue weighted by Gasteiger charge is -2.33. The van der Waals surface area contributed by atoms with Gasteiger partial charge >= 0.3 is 5.97 Å². The average molecular weight is 323 g/mol. The first-order valence-corrected chi connectivity index (χ1v) is 9.00. The van der Waals surface area contributed by atoms with Gasteiger partial charge in [0.15, 0.2) is 0 Å². The molecule has 3 atom stereocenters. The van der Waals surface area contributed by atoms with E-state index in [0.717, 1.165) is 65.0 Å². The van der Waals surface area contributed by atoms with Crippen LogP contribution in [0.25, 0.3) is 0 Å². The number of amides is 1. The molecule has 0 spiro atoms. The number of esters is 1. The van der Waals surface area contributed by atoms with Crippen LogP contribution in [0.4, 0.5) is 0 Å². The number of likely N-dealkylation sites (tertiary alicyclic amines) is 1. The molecule has 1 saturated carbocycles. The highest BCUT2D eigenvalue weighted by Crippen LogP contribution is 2.32. The number of nitrogens with zero attached hydrogens (tertiary/aromatic N) is 2. The van der Waals surface area contributed by atoms with Crippen LogP contribution >= 0.6 is 0 Å². The van der Waals surface area contributed by atoms with Gasteiger partial charge in [0, 0.05) is 51.2 Å². The minimum absolute atomic E-state index is 0.00891. The zero-order valence-corrected chi connectivity index (χ0v) is 14.1. The summed E-state index contributed by atoms with van der Waals surface area (Å²) in [4.78, 5) is 29.1. The van der Waals surface area contributed by atoms with Gasteiger partial charge in [0.25, 0.3) is 0 Å². The highest BCUT2D eigenvalue weighted by Gasteiger charge is 2.37. The Morgan fingerprint density at radius 3 is 2.52 bits per heavy atom. The molecule has 3 aliphatic rings. The van der Waals surface area contributed by atoms with Crippen molar-refractivity contribution < 1.29 is 14.3 Å². The van der Waals surface area contributed by atoms with Crippen molar-refractivity contribution in [3.63, 3.8) is 0 Å². The van der Waals surface area contributed by atoms with Crippen LogP contribution in [0.1, 0.15) is 32.1 Å². The second-order valence-electron chi connectivity index (χ2n) is 7.10. The molecule has 130 valence electrons. The third-order valence-electron chi connectivity index (χ3n) is 5.70. The number of methoxy groups -OCH3 is 1. The van der Waals surface area contributed by atoms with Crippen molar-refractivity contribution in [2.75, 3.05) is 46.4 Å². The highest BCUT2D eigenvalue weighted by molar-refractivity contribution is 5.81. The first kappa shape index (κ1) is 16.7. The monoisotopic (exact) mass is 323 g/mol. The zero-order chi connectivity index (χ0) is 16.2. The van der Waals surface area contributed by atoms with E-state index in [1.54, 1.807) is 0 Å². The maximum atomic E-state index is 12.8. The van der Waals surface area contributed by atoms with E-state index in [1.807, 2.05) is 4.90 Å². The fraction of sp³-hybridized carbons (Fsp3) is 0.882. The van der Waals surface area contributed by atoms with Crippen molar-refractivity contribution in [1.29, 1.82) is 0 Å². The standard InChI is InChI=1S/C17H29N3O3/c1-23-17(22)14-4-2-3-13(11-14)16(21)20-8-5-15(12-20)19-9-6-18-7-10-19/h13-15,18H,2-12H2,1H3. The molecule has 1 aliphatic carbocycles. The molecule has 0 aromatic rings. The van der Waals surface area contributed by atoms with Gasteiger partial charge in [-0.2, -0.15) is 0 Å². The smallest absolute Gasteiger partial charge is 0.308 e. The fourth-order valence-electron chi connectivity index (χ4n) is 4.34. The Morgan fingerprint density at radius 1 is 1.04 bits per heavy atom. The van der Waals surface area contributed by atoms with Crippen LogP contribution in [0.15, 0.2) is 0 Å².